The molecule has 8 heteroatoms. The van der Waals surface area contributed by atoms with Gasteiger partial charge in [-0.3, -0.25) is 4.79 Å². The Balaban J connectivity index is 1.82. The third-order valence-corrected chi connectivity index (χ3v) is 4.58. The van der Waals surface area contributed by atoms with Crippen molar-refractivity contribution in [1.29, 1.82) is 0 Å². The van der Waals surface area contributed by atoms with Gasteiger partial charge < -0.3 is 15.3 Å². The van der Waals surface area contributed by atoms with Crippen LogP contribution in [0, 0.1) is 0 Å². The molecule has 104 valence electrons. The number of fused-ring (bicyclic) bond motifs is 2. The van der Waals surface area contributed by atoms with E-state index in [4.69, 9.17) is 0 Å². The fourth-order valence-corrected chi connectivity index (χ4v) is 3.45. The number of hydrogen-bond donors (Lipinski definition) is 3. The van der Waals surface area contributed by atoms with Gasteiger partial charge in [-0.2, -0.15) is 0 Å². The highest BCUT2D eigenvalue weighted by atomic mass is 79.9. The number of thiazole rings is 1. The summed E-state index contributed by atoms with van der Waals surface area (Å²) in [6.45, 7) is 0. The molecule has 0 bridgehead atoms. The van der Waals surface area contributed by atoms with Crippen molar-refractivity contribution in [2.24, 2.45) is 0 Å². The minimum atomic E-state index is -0.0556. The Morgan fingerprint density at radius 2 is 2.19 bits per heavy atom. The Bertz CT molecular complexity index is 1020. The summed E-state index contributed by atoms with van der Waals surface area (Å²) in [4.78, 5) is 25.6. The quantitative estimate of drug-likeness (QED) is 0.510. The Kier molecular flexibility index (Phi) is 2.79. The number of rotatable bonds is 2. The lowest BCUT2D eigenvalue weighted by molar-refractivity contribution is 1.20. The van der Waals surface area contributed by atoms with Crippen molar-refractivity contribution in [2.45, 2.75) is 0 Å². The molecule has 0 unspecified atom stereocenters. The van der Waals surface area contributed by atoms with E-state index in [1.165, 1.54) is 17.7 Å². The molecule has 4 aromatic rings. The van der Waals surface area contributed by atoms with Crippen LogP contribution in [-0.2, 0) is 0 Å². The fourth-order valence-electron chi connectivity index (χ4n) is 2.18. The van der Waals surface area contributed by atoms with Crippen molar-refractivity contribution < 1.29 is 0 Å². The van der Waals surface area contributed by atoms with Crippen molar-refractivity contribution >= 4 is 60.0 Å². The molecule has 0 spiro atoms. The van der Waals surface area contributed by atoms with E-state index >= 15 is 0 Å². The molecule has 1 aromatic carbocycles. The Labute approximate surface area is 130 Å². The normalized spacial score (nSPS) is 11.3. The van der Waals surface area contributed by atoms with Gasteiger partial charge in [0, 0.05) is 16.4 Å². The van der Waals surface area contributed by atoms with Crippen LogP contribution in [-0.4, -0.2) is 19.9 Å². The van der Waals surface area contributed by atoms with E-state index in [9.17, 15) is 4.79 Å². The number of aromatic amines is 2. The van der Waals surface area contributed by atoms with Gasteiger partial charge in [0.05, 0.1) is 15.6 Å². The summed E-state index contributed by atoms with van der Waals surface area (Å²) in [6.07, 6.45) is 3.33. The minimum Gasteiger partial charge on any atom is -0.345 e. The summed E-state index contributed by atoms with van der Waals surface area (Å²) in [5, 5.41) is 4.15. The third kappa shape index (κ3) is 2.12. The van der Waals surface area contributed by atoms with Crippen LogP contribution in [0.5, 0.6) is 0 Å². The number of nitrogens with one attached hydrogen (secondary N) is 3. The number of anilines is 2. The van der Waals surface area contributed by atoms with Gasteiger partial charge in [-0.1, -0.05) is 11.3 Å². The predicted molar refractivity (Wildman–Crippen MR) is 87.3 cm³/mol. The highest BCUT2D eigenvalue weighted by Gasteiger charge is 2.10. The van der Waals surface area contributed by atoms with Crippen LogP contribution in [0.4, 0.5) is 11.5 Å². The highest BCUT2D eigenvalue weighted by Crippen LogP contribution is 2.30. The lowest BCUT2D eigenvalue weighted by Gasteiger charge is -2.06. The third-order valence-electron chi connectivity index (χ3n) is 3.11. The minimum absolute atomic E-state index is 0.0556. The van der Waals surface area contributed by atoms with Crippen LogP contribution >= 0.6 is 27.3 Å². The molecule has 21 heavy (non-hydrogen) atoms. The van der Waals surface area contributed by atoms with Crippen LogP contribution in [0.2, 0.25) is 0 Å². The summed E-state index contributed by atoms with van der Waals surface area (Å²) >= 11 is 4.66. The van der Waals surface area contributed by atoms with Gasteiger partial charge >= 0.3 is 4.87 Å². The van der Waals surface area contributed by atoms with E-state index in [1.54, 1.807) is 0 Å². The van der Waals surface area contributed by atoms with E-state index < -0.39 is 0 Å². The first-order valence-electron chi connectivity index (χ1n) is 6.08. The van der Waals surface area contributed by atoms with E-state index in [1.807, 2.05) is 24.4 Å². The van der Waals surface area contributed by atoms with Crippen LogP contribution in [0.25, 0.3) is 21.3 Å². The van der Waals surface area contributed by atoms with E-state index in [0.717, 1.165) is 31.4 Å². The summed E-state index contributed by atoms with van der Waals surface area (Å²) < 4.78 is 1.80. The van der Waals surface area contributed by atoms with Crippen molar-refractivity contribution in [3.05, 3.63) is 44.9 Å². The Morgan fingerprint density at radius 3 is 3.10 bits per heavy atom. The van der Waals surface area contributed by atoms with Gasteiger partial charge in [-0.25, -0.2) is 9.97 Å². The summed E-state index contributed by atoms with van der Waals surface area (Å²) in [5.41, 5.74) is 2.46. The van der Waals surface area contributed by atoms with Gasteiger partial charge in [0.2, 0.25) is 0 Å². The molecule has 0 saturated heterocycles. The highest BCUT2D eigenvalue weighted by molar-refractivity contribution is 9.10. The Hall–Kier alpha value is -2.19. The maximum absolute atomic E-state index is 11.4. The van der Waals surface area contributed by atoms with Gasteiger partial charge in [0.25, 0.3) is 0 Å². The van der Waals surface area contributed by atoms with Gasteiger partial charge in [-0.15, -0.1) is 0 Å². The molecule has 6 nitrogen and oxygen atoms in total. The smallest absolute Gasteiger partial charge is 0.305 e. The molecule has 0 fully saturated rings. The topological polar surface area (TPSA) is 86.5 Å². The predicted octanol–water partition coefficient (Wildman–Crippen LogP) is 3.37. The largest absolute Gasteiger partial charge is 0.345 e. The summed E-state index contributed by atoms with van der Waals surface area (Å²) in [7, 11) is 0. The molecule has 0 aliphatic rings. The first-order valence-corrected chi connectivity index (χ1v) is 7.69. The maximum Gasteiger partial charge on any atom is 0.305 e. The monoisotopic (exact) mass is 361 g/mol. The van der Waals surface area contributed by atoms with Crippen LogP contribution in [0.15, 0.2) is 40.0 Å². The van der Waals surface area contributed by atoms with Gasteiger partial charge in [0.15, 0.2) is 0 Å². The standard InChI is InChI=1S/C13H8BrN5OS/c14-7-4-15-11-10(7)12(17-5-16-11)18-6-1-2-8-9(3-6)21-13(20)19-8/h1-5H,(H,19,20)(H2,15,16,17,18). The van der Waals surface area contributed by atoms with Crippen LogP contribution < -0.4 is 10.2 Å². The lowest BCUT2D eigenvalue weighted by atomic mass is 10.3. The number of H-pyrrole nitrogens is 2. The zero-order chi connectivity index (χ0) is 14.4. The molecule has 0 aliphatic heterocycles. The molecule has 3 aromatic heterocycles. The second-order valence-corrected chi connectivity index (χ2v) is 6.30. The van der Waals surface area contributed by atoms with Crippen molar-refractivity contribution in [1.82, 2.24) is 19.9 Å². The summed E-state index contributed by atoms with van der Waals surface area (Å²) in [5.74, 6) is 0.704. The second kappa shape index (κ2) is 4.68. The molecule has 0 atom stereocenters. The zero-order valence-corrected chi connectivity index (χ0v) is 12.9. The molecule has 3 heterocycles. The maximum atomic E-state index is 11.4. The van der Waals surface area contributed by atoms with Crippen LogP contribution in [0.3, 0.4) is 0 Å². The molecule has 0 saturated carbocycles. The molecular formula is C13H8BrN5OS. The summed E-state index contributed by atoms with van der Waals surface area (Å²) in [6, 6.07) is 5.70. The van der Waals surface area contributed by atoms with E-state index in [2.05, 4.69) is 41.2 Å². The first kappa shape index (κ1) is 12.5. The lowest BCUT2D eigenvalue weighted by Crippen LogP contribution is -1.95. The van der Waals surface area contributed by atoms with Crippen LogP contribution in [0.1, 0.15) is 0 Å². The van der Waals surface area contributed by atoms with E-state index in [0.29, 0.717) is 5.82 Å². The number of aromatic nitrogens is 4. The number of benzene rings is 1. The number of nitrogens with zero attached hydrogens (tertiary/aromatic N) is 2. The van der Waals surface area contributed by atoms with Crippen molar-refractivity contribution in [3.8, 4) is 0 Å². The SMILES string of the molecule is O=c1[nH]c2ccc(Nc3ncnc4[nH]cc(Br)c34)cc2s1. The first-order chi connectivity index (χ1) is 10.2. The molecular weight excluding hydrogens is 354 g/mol. The number of hydrogen-bond acceptors (Lipinski definition) is 5. The van der Waals surface area contributed by atoms with E-state index in [-0.39, 0.29) is 4.87 Å². The molecule has 0 radical (unpaired) electrons. The Morgan fingerprint density at radius 1 is 1.29 bits per heavy atom. The van der Waals surface area contributed by atoms with Crippen molar-refractivity contribution in [2.75, 3.05) is 5.32 Å². The molecule has 4 rings (SSSR count). The zero-order valence-electron chi connectivity index (χ0n) is 10.5. The van der Waals surface area contributed by atoms with Crippen molar-refractivity contribution in [3.63, 3.8) is 0 Å². The average Bonchev–Trinajstić information content (AvgIpc) is 3.02. The average molecular weight is 362 g/mol. The fraction of sp³-hybridized carbons (Fsp3) is 0. The number of halogens is 1. The molecule has 3 N–H and O–H groups in total. The second-order valence-electron chi connectivity index (χ2n) is 4.43. The van der Waals surface area contributed by atoms with Gasteiger partial charge in [-0.05, 0) is 34.1 Å². The van der Waals surface area contributed by atoms with Gasteiger partial charge in [0.1, 0.15) is 17.8 Å². The molecule has 0 amide bonds. The molecule has 0 aliphatic carbocycles.